The number of rotatable bonds is 6. The number of methoxy groups -OCH3 is 1. The lowest BCUT2D eigenvalue weighted by Crippen LogP contribution is -2.60. The molecule has 4 aliphatic carbocycles. The van der Waals surface area contributed by atoms with Crippen LogP contribution in [0.15, 0.2) is 6.07 Å². The standard InChI is InChI=1S/C24H35N3O3S/c1-3-19-13-20(24(29)30-2)23(31-19)25-21(28)14-26-4-6-27(7-5-26)22-17-9-15-8-16(11-17)12-18(22)10-15/h13,15-18,22H,3-12,14H2,1-2H3,(H,25,28). The first-order valence-corrected chi connectivity index (χ1v) is 12.8. The van der Waals surface area contributed by atoms with E-state index in [0.717, 1.165) is 67.2 Å². The lowest BCUT2D eigenvalue weighted by atomic mass is 9.54. The van der Waals surface area contributed by atoms with Crippen LogP contribution < -0.4 is 5.32 Å². The summed E-state index contributed by atoms with van der Waals surface area (Å²) in [5, 5.41) is 3.58. The van der Waals surface area contributed by atoms with E-state index in [2.05, 4.69) is 15.1 Å². The van der Waals surface area contributed by atoms with Crippen LogP contribution in [-0.4, -0.2) is 67.6 Å². The molecular weight excluding hydrogens is 410 g/mol. The van der Waals surface area contributed by atoms with Crippen LogP contribution in [0.1, 0.15) is 54.3 Å². The Morgan fingerprint density at radius 1 is 1.06 bits per heavy atom. The number of esters is 1. The van der Waals surface area contributed by atoms with Crippen LogP contribution in [-0.2, 0) is 16.0 Å². The zero-order valence-corrected chi connectivity index (χ0v) is 19.6. The Morgan fingerprint density at radius 2 is 1.71 bits per heavy atom. The number of nitrogens with zero attached hydrogens (tertiary/aromatic N) is 2. The Kier molecular flexibility index (Phi) is 6.10. The van der Waals surface area contributed by atoms with E-state index in [1.165, 1.54) is 50.6 Å². The number of piperazine rings is 1. The van der Waals surface area contributed by atoms with Crippen molar-refractivity contribution in [1.29, 1.82) is 0 Å². The fraction of sp³-hybridized carbons (Fsp3) is 0.750. The Labute approximate surface area is 189 Å². The second-order valence-corrected chi connectivity index (χ2v) is 11.2. The maximum Gasteiger partial charge on any atom is 0.340 e. The molecule has 31 heavy (non-hydrogen) atoms. The third-order valence-electron chi connectivity index (χ3n) is 8.16. The topological polar surface area (TPSA) is 61.9 Å². The van der Waals surface area contributed by atoms with Gasteiger partial charge in [-0.15, -0.1) is 11.3 Å². The Bertz CT molecular complexity index is 802. The summed E-state index contributed by atoms with van der Waals surface area (Å²) in [6, 6.07) is 2.63. The number of hydrogen-bond acceptors (Lipinski definition) is 6. The summed E-state index contributed by atoms with van der Waals surface area (Å²) in [7, 11) is 1.38. The van der Waals surface area contributed by atoms with Gasteiger partial charge in [0.25, 0.3) is 0 Å². The van der Waals surface area contributed by atoms with Gasteiger partial charge >= 0.3 is 5.97 Å². The second kappa shape index (κ2) is 8.83. The van der Waals surface area contributed by atoms with Crippen molar-refractivity contribution in [1.82, 2.24) is 9.80 Å². The molecule has 170 valence electrons. The monoisotopic (exact) mass is 445 g/mol. The highest BCUT2D eigenvalue weighted by Gasteiger charge is 2.50. The summed E-state index contributed by atoms with van der Waals surface area (Å²) in [5.74, 6) is 3.45. The van der Waals surface area contributed by atoms with Crippen molar-refractivity contribution in [3.05, 3.63) is 16.5 Å². The smallest absolute Gasteiger partial charge is 0.340 e. The third-order valence-corrected chi connectivity index (χ3v) is 9.36. The minimum atomic E-state index is -0.393. The molecule has 0 atom stereocenters. The van der Waals surface area contributed by atoms with Crippen LogP contribution in [0.4, 0.5) is 5.00 Å². The van der Waals surface area contributed by atoms with Gasteiger partial charge in [0.1, 0.15) is 5.00 Å². The lowest BCUT2D eigenvalue weighted by molar-refractivity contribution is -0.118. The second-order valence-electron chi connectivity index (χ2n) is 10.1. The Balaban J connectivity index is 1.14. The number of hydrogen-bond donors (Lipinski definition) is 1. The largest absolute Gasteiger partial charge is 0.465 e. The van der Waals surface area contributed by atoms with Gasteiger partial charge in [-0.25, -0.2) is 4.79 Å². The molecule has 1 N–H and O–H groups in total. The summed E-state index contributed by atoms with van der Waals surface area (Å²) < 4.78 is 4.88. The normalized spacial score (nSPS) is 32.9. The molecule has 1 amide bonds. The number of amides is 1. The fourth-order valence-corrected chi connectivity index (χ4v) is 8.05. The molecule has 6 nitrogen and oxygen atoms in total. The third kappa shape index (κ3) is 4.29. The first-order valence-electron chi connectivity index (χ1n) is 12.0. The lowest BCUT2D eigenvalue weighted by Gasteiger charge is -2.58. The summed E-state index contributed by atoms with van der Waals surface area (Å²) >= 11 is 1.47. The Hall–Kier alpha value is -1.44. The molecule has 1 aliphatic heterocycles. The van der Waals surface area contributed by atoms with Crippen molar-refractivity contribution >= 4 is 28.2 Å². The van der Waals surface area contributed by atoms with Crippen LogP contribution in [0.5, 0.6) is 0 Å². The van der Waals surface area contributed by atoms with Crippen molar-refractivity contribution in [3.63, 3.8) is 0 Å². The van der Waals surface area contributed by atoms with Crippen molar-refractivity contribution in [2.45, 2.75) is 51.5 Å². The van der Waals surface area contributed by atoms with Gasteiger partial charge in [0.2, 0.25) is 5.91 Å². The van der Waals surface area contributed by atoms with Gasteiger partial charge in [0.15, 0.2) is 0 Å². The van der Waals surface area contributed by atoms with Crippen LogP contribution in [0, 0.1) is 23.7 Å². The van der Waals surface area contributed by atoms with Crippen molar-refractivity contribution < 1.29 is 14.3 Å². The van der Waals surface area contributed by atoms with Gasteiger partial charge in [0.05, 0.1) is 19.2 Å². The quantitative estimate of drug-likeness (QED) is 0.680. The number of carbonyl (C=O) groups excluding carboxylic acids is 2. The molecule has 4 bridgehead atoms. The molecule has 4 saturated carbocycles. The van der Waals surface area contributed by atoms with Crippen molar-refractivity contribution in [3.8, 4) is 0 Å². The van der Waals surface area contributed by atoms with Crippen molar-refractivity contribution in [2.75, 3.05) is 45.2 Å². The summed E-state index contributed by atoms with van der Waals surface area (Å²) in [6.07, 6.45) is 8.18. The van der Waals surface area contributed by atoms with Gasteiger partial charge in [-0.2, -0.15) is 0 Å². The number of ether oxygens (including phenoxy) is 1. The highest BCUT2D eigenvalue weighted by molar-refractivity contribution is 7.16. The molecule has 0 unspecified atom stereocenters. The van der Waals surface area contributed by atoms with Gasteiger partial charge in [-0.1, -0.05) is 6.92 Å². The maximum atomic E-state index is 12.7. The summed E-state index contributed by atoms with van der Waals surface area (Å²) in [5.41, 5.74) is 0.462. The van der Waals surface area contributed by atoms with Gasteiger partial charge in [0, 0.05) is 37.1 Å². The van der Waals surface area contributed by atoms with E-state index in [-0.39, 0.29) is 5.91 Å². The SMILES string of the molecule is CCc1cc(C(=O)OC)c(NC(=O)CN2CCN(C3C4CC5CC(C4)CC3C5)CC2)s1. The van der Waals surface area contributed by atoms with E-state index in [1.54, 1.807) is 0 Å². The van der Waals surface area contributed by atoms with E-state index in [0.29, 0.717) is 17.1 Å². The van der Waals surface area contributed by atoms with Crippen LogP contribution in [0.3, 0.4) is 0 Å². The molecule has 5 aliphatic rings. The zero-order chi connectivity index (χ0) is 21.5. The molecule has 1 aromatic rings. The molecule has 1 saturated heterocycles. The van der Waals surface area contributed by atoms with Crippen LogP contribution in [0.2, 0.25) is 0 Å². The maximum absolute atomic E-state index is 12.7. The molecule has 6 rings (SSSR count). The predicted octanol–water partition coefficient (Wildman–Crippen LogP) is 3.48. The number of nitrogens with one attached hydrogen (secondary N) is 1. The number of anilines is 1. The summed E-state index contributed by atoms with van der Waals surface area (Å²) in [6.45, 7) is 6.48. The average Bonchev–Trinajstić information content (AvgIpc) is 3.16. The number of thiophene rings is 1. The molecule has 0 radical (unpaired) electrons. The predicted molar refractivity (Wildman–Crippen MR) is 123 cm³/mol. The Morgan fingerprint density at radius 3 is 2.29 bits per heavy atom. The minimum Gasteiger partial charge on any atom is -0.465 e. The highest BCUT2D eigenvalue weighted by atomic mass is 32.1. The average molecular weight is 446 g/mol. The zero-order valence-electron chi connectivity index (χ0n) is 18.8. The molecular formula is C24H35N3O3S. The molecule has 7 heteroatoms. The first kappa shape index (κ1) is 21.4. The number of aryl methyl sites for hydroxylation is 1. The van der Waals surface area contributed by atoms with E-state index in [9.17, 15) is 9.59 Å². The summed E-state index contributed by atoms with van der Waals surface area (Å²) in [4.78, 5) is 30.8. The van der Waals surface area contributed by atoms with Crippen molar-refractivity contribution in [2.24, 2.45) is 23.7 Å². The van der Waals surface area contributed by atoms with Crippen LogP contribution >= 0.6 is 11.3 Å². The van der Waals surface area contributed by atoms with Gasteiger partial charge in [-0.3, -0.25) is 14.6 Å². The first-order chi connectivity index (χ1) is 15.0. The molecule has 0 aromatic carbocycles. The molecule has 5 fully saturated rings. The van der Waals surface area contributed by atoms with E-state index < -0.39 is 5.97 Å². The van der Waals surface area contributed by atoms with E-state index in [1.807, 2.05) is 13.0 Å². The highest BCUT2D eigenvalue weighted by Crippen LogP contribution is 2.55. The van der Waals surface area contributed by atoms with Gasteiger partial charge < -0.3 is 10.1 Å². The van der Waals surface area contributed by atoms with Gasteiger partial charge in [-0.05, 0) is 68.3 Å². The number of carbonyl (C=O) groups is 2. The minimum absolute atomic E-state index is 0.0438. The molecule has 2 heterocycles. The van der Waals surface area contributed by atoms with E-state index in [4.69, 9.17) is 4.74 Å². The van der Waals surface area contributed by atoms with Crippen LogP contribution in [0.25, 0.3) is 0 Å². The molecule has 0 spiro atoms. The molecule has 1 aromatic heterocycles. The fourth-order valence-electron chi connectivity index (χ4n) is 7.05. The van der Waals surface area contributed by atoms with E-state index >= 15 is 0 Å².